The van der Waals surface area contributed by atoms with Gasteiger partial charge >= 0.3 is 5.97 Å². The maximum Gasteiger partial charge on any atom is 0.307 e. The highest BCUT2D eigenvalue weighted by atomic mass is 16.5. The molecule has 72 valence electrons. The molecule has 0 amide bonds. The fraction of sp³-hybridized carbons (Fsp3) is 0.750. The second kappa shape index (κ2) is 4.67. The van der Waals surface area contributed by atoms with Crippen molar-refractivity contribution in [3.63, 3.8) is 0 Å². The molecule has 0 aromatic heterocycles. The molecule has 5 nitrogen and oxygen atoms in total. The van der Waals surface area contributed by atoms with Crippen molar-refractivity contribution in [2.45, 2.75) is 12.5 Å². The van der Waals surface area contributed by atoms with Gasteiger partial charge < -0.3 is 14.4 Å². The fourth-order valence-electron chi connectivity index (χ4n) is 1.23. The number of esters is 1. The summed E-state index contributed by atoms with van der Waals surface area (Å²) in [7, 11) is 1.34. The average molecular weight is 184 g/mol. The van der Waals surface area contributed by atoms with Gasteiger partial charge in [-0.2, -0.15) is 5.26 Å². The molecule has 13 heavy (non-hydrogen) atoms. The summed E-state index contributed by atoms with van der Waals surface area (Å²) in [4.78, 5) is 12.5. The first kappa shape index (κ1) is 9.81. The van der Waals surface area contributed by atoms with Crippen molar-refractivity contribution in [2.24, 2.45) is 0 Å². The van der Waals surface area contributed by atoms with Gasteiger partial charge in [-0.3, -0.25) is 4.79 Å². The maximum absolute atomic E-state index is 10.9. The quantitative estimate of drug-likeness (QED) is 0.436. The topological polar surface area (TPSA) is 62.6 Å². The van der Waals surface area contributed by atoms with Crippen LogP contribution in [-0.4, -0.2) is 43.8 Å². The number of morpholine rings is 1. The van der Waals surface area contributed by atoms with Gasteiger partial charge in [-0.1, -0.05) is 0 Å². The minimum absolute atomic E-state index is 0.161. The second-order valence-corrected chi connectivity index (χ2v) is 2.80. The van der Waals surface area contributed by atoms with E-state index in [2.05, 4.69) is 4.74 Å². The van der Waals surface area contributed by atoms with Crippen LogP contribution in [0.3, 0.4) is 0 Å². The summed E-state index contributed by atoms with van der Waals surface area (Å²) in [5.41, 5.74) is 0. The van der Waals surface area contributed by atoms with Crippen LogP contribution in [0.1, 0.15) is 6.42 Å². The van der Waals surface area contributed by atoms with Gasteiger partial charge in [0.25, 0.3) is 0 Å². The molecule has 0 saturated carbocycles. The summed E-state index contributed by atoms with van der Waals surface area (Å²) in [6.07, 6.45) is 2.24. The SMILES string of the molecule is COC(=O)CC1COCCN1C#N. The van der Waals surface area contributed by atoms with E-state index >= 15 is 0 Å². The Bertz CT molecular complexity index is 224. The molecular formula is C8H12N2O3. The molecule has 1 heterocycles. The van der Waals surface area contributed by atoms with Crippen LogP contribution >= 0.6 is 0 Å². The molecular weight excluding hydrogens is 172 g/mol. The highest BCUT2D eigenvalue weighted by Crippen LogP contribution is 2.09. The lowest BCUT2D eigenvalue weighted by molar-refractivity contribution is -0.143. The van der Waals surface area contributed by atoms with Gasteiger partial charge in [0, 0.05) is 0 Å². The lowest BCUT2D eigenvalue weighted by Crippen LogP contribution is -2.43. The van der Waals surface area contributed by atoms with Crippen LogP contribution in [0.25, 0.3) is 0 Å². The number of carbonyl (C=O) groups is 1. The van der Waals surface area contributed by atoms with E-state index in [-0.39, 0.29) is 18.4 Å². The van der Waals surface area contributed by atoms with E-state index in [1.165, 1.54) is 7.11 Å². The van der Waals surface area contributed by atoms with Crippen molar-refractivity contribution in [2.75, 3.05) is 26.9 Å². The van der Waals surface area contributed by atoms with E-state index in [0.29, 0.717) is 19.8 Å². The standard InChI is InChI=1S/C8H12N2O3/c1-12-8(11)4-7-5-13-3-2-10(7)6-9/h7H,2-5H2,1H3. The molecule has 1 saturated heterocycles. The van der Waals surface area contributed by atoms with E-state index in [0.717, 1.165) is 0 Å². The lowest BCUT2D eigenvalue weighted by atomic mass is 10.2. The van der Waals surface area contributed by atoms with Crippen LogP contribution in [-0.2, 0) is 14.3 Å². The largest absolute Gasteiger partial charge is 0.469 e. The third-order valence-electron chi connectivity index (χ3n) is 1.99. The van der Waals surface area contributed by atoms with Gasteiger partial charge in [0.1, 0.15) is 0 Å². The van der Waals surface area contributed by atoms with Gasteiger partial charge in [-0.25, -0.2) is 0 Å². The zero-order valence-electron chi connectivity index (χ0n) is 7.52. The third-order valence-corrected chi connectivity index (χ3v) is 1.99. The van der Waals surface area contributed by atoms with Crippen molar-refractivity contribution in [1.82, 2.24) is 4.90 Å². The highest BCUT2D eigenvalue weighted by Gasteiger charge is 2.24. The maximum atomic E-state index is 10.9. The van der Waals surface area contributed by atoms with Gasteiger partial charge in [0.15, 0.2) is 6.19 Å². The number of carbonyl (C=O) groups excluding carboxylic acids is 1. The first-order valence-electron chi connectivity index (χ1n) is 4.09. The molecule has 0 N–H and O–H groups in total. The molecule has 0 radical (unpaired) electrons. The third kappa shape index (κ3) is 2.60. The Hall–Kier alpha value is -1.28. The van der Waals surface area contributed by atoms with E-state index in [4.69, 9.17) is 10.00 Å². The van der Waals surface area contributed by atoms with Crippen LogP contribution in [0.2, 0.25) is 0 Å². The molecule has 1 aliphatic heterocycles. The fourth-order valence-corrected chi connectivity index (χ4v) is 1.23. The molecule has 1 atom stereocenters. The van der Waals surface area contributed by atoms with Crippen LogP contribution in [0, 0.1) is 11.5 Å². The van der Waals surface area contributed by atoms with Crippen LogP contribution in [0.4, 0.5) is 0 Å². The predicted octanol–water partition coefficient (Wildman–Crippen LogP) is -0.269. The zero-order chi connectivity index (χ0) is 9.68. The number of nitrogens with zero attached hydrogens (tertiary/aromatic N) is 2. The molecule has 1 rings (SSSR count). The first-order valence-corrected chi connectivity index (χ1v) is 4.09. The number of rotatable bonds is 2. The number of nitriles is 1. The Labute approximate surface area is 76.8 Å². The Kier molecular flexibility index (Phi) is 3.53. The van der Waals surface area contributed by atoms with Crippen molar-refractivity contribution in [3.8, 4) is 6.19 Å². The summed E-state index contributed by atoms with van der Waals surface area (Å²) >= 11 is 0. The van der Waals surface area contributed by atoms with Gasteiger partial charge in [0.2, 0.25) is 0 Å². The summed E-state index contributed by atoms with van der Waals surface area (Å²) in [6, 6.07) is -0.161. The van der Waals surface area contributed by atoms with E-state index in [1.54, 1.807) is 4.90 Å². The number of methoxy groups -OCH3 is 1. The van der Waals surface area contributed by atoms with Crippen LogP contribution in [0.15, 0.2) is 0 Å². The monoisotopic (exact) mass is 184 g/mol. The van der Waals surface area contributed by atoms with Crippen molar-refractivity contribution in [3.05, 3.63) is 0 Å². The molecule has 1 fully saturated rings. The summed E-state index contributed by atoms with van der Waals surface area (Å²) in [6.45, 7) is 1.52. The minimum Gasteiger partial charge on any atom is -0.469 e. The molecule has 5 heteroatoms. The number of hydrogen-bond donors (Lipinski definition) is 0. The normalized spacial score (nSPS) is 22.2. The molecule has 1 aliphatic rings. The van der Waals surface area contributed by atoms with Gasteiger partial charge in [-0.05, 0) is 0 Å². The van der Waals surface area contributed by atoms with Crippen molar-refractivity contribution in [1.29, 1.82) is 5.26 Å². The number of ether oxygens (including phenoxy) is 2. The molecule has 0 spiro atoms. The first-order chi connectivity index (χ1) is 6.27. The van der Waals surface area contributed by atoms with Gasteiger partial charge in [-0.15, -0.1) is 0 Å². The van der Waals surface area contributed by atoms with Crippen molar-refractivity contribution >= 4 is 5.97 Å². The molecule has 0 aromatic rings. The molecule has 0 aromatic carbocycles. The van der Waals surface area contributed by atoms with Gasteiger partial charge in [0.05, 0.1) is 39.3 Å². The Morgan fingerprint density at radius 2 is 2.62 bits per heavy atom. The number of hydrogen-bond acceptors (Lipinski definition) is 5. The predicted molar refractivity (Wildman–Crippen MR) is 43.6 cm³/mol. The lowest BCUT2D eigenvalue weighted by Gasteiger charge is -2.30. The Morgan fingerprint density at radius 3 is 3.23 bits per heavy atom. The molecule has 0 bridgehead atoms. The van der Waals surface area contributed by atoms with Crippen LogP contribution < -0.4 is 0 Å². The van der Waals surface area contributed by atoms with E-state index in [1.807, 2.05) is 6.19 Å². The smallest absolute Gasteiger partial charge is 0.307 e. The summed E-state index contributed by atoms with van der Waals surface area (Å²) in [5.74, 6) is -0.309. The minimum atomic E-state index is -0.309. The Balaban J connectivity index is 2.46. The van der Waals surface area contributed by atoms with E-state index < -0.39 is 0 Å². The highest BCUT2D eigenvalue weighted by molar-refractivity contribution is 5.70. The summed E-state index contributed by atoms with van der Waals surface area (Å²) in [5, 5.41) is 8.72. The van der Waals surface area contributed by atoms with E-state index in [9.17, 15) is 4.79 Å². The van der Waals surface area contributed by atoms with Crippen LogP contribution in [0.5, 0.6) is 0 Å². The van der Waals surface area contributed by atoms with Crippen molar-refractivity contribution < 1.29 is 14.3 Å². The molecule has 1 unspecified atom stereocenters. The molecule has 0 aliphatic carbocycles. The average Bonchev–Trinajstić information content (AvgIpc) is 2.18. The summed E-state index contributed by atoms with van der Waals surface area (Å²) < 4.78 is 9.67. The Morgan fingerprint density at radius 1 is 1.85 bits per heavy atom. The second-order valence-electron chi connectivity index (χ2n) is 2.80. The zero-order valence-corrected chi connectivity index (χ0v) is 7.52.